The van der Waals surface area contributed by atoms with Crippen molar-refractivity contribution in [1.29, 1.82) is 0 Å². The predicted octanol–water partition coefficient (Wildman–Crippen LogP) is 3.49. The number of aromatic amines is 1. The number of hydrogen-bond donors (Lipinski definition) is 1. The van der Waals surface area contributed by atoms with Gasteiger partial charge in [-0.05, 0) is 42.5 Å². The van der Waals surface area contributed by atoms with Gasteiger partial charge >= 0.3 is 0 Å². The largest absolute Gasteiger partial charge is 0.457 e. The summed E-state index contributed by atoms with van der Waals surface area (Å²) in [6, 6.07) is 11.5. The summed E-state index contributed by atoms with van der Waals surface area (Å²) in [6.07, 6.45) is 1.73. The molecule has 0 atom stereocenters. The van der Waals surface area contributed by atoms with Crippen molar-refractivity contribution in [2.45, 2.75) is 0 Å². The fraction of sp³-hybridized carbons (Fsp3) is 0. The summed E-state index contributed by atoms with van der Waals surface area (Å²) in [5.74, 6) is 1.03. The lowest BCUT2D eigenvalue weighted by molar-refractivity contribution is 0.481. The molecule has 0 amide bonds. The van der Waals surface area contributed by atoms with Crippen LogP contribution in [0.5, 0.6) is 11.5 Å². The van der Waals surface area contributed by atoms with Gasteiger partial charge in [-0.15, -0.1) is 0 Å². The highest BCUT2D eigenvalue weighted by molar-refractivity contribution is 5.79. The molecular formula is C13H9FN2O. The summed E-state index contributed by atoms with van der Waals surface area (Å²) >= 11 is 0. The Hall–Kier alpha value is -2.36. The molecule has 3 rings (SSSR count). The fourth-order valence-electron chi connectivity index (χ4n) is 1.62. The zero-order chi connectivity index (χ0) is 11.7. The van der Waals surface area contributed by atoms with Gasteiger partial charge in [-0.25, -0.2) is 4.39 Å². The molecule has 1 N–H and O–H groups in total. The van der Waals surface area contributed by atoms with Crippen LogP contribution >= 0.6 is 0 Å². The maximum atomic E-state index is 12.7. The van der Waals surface area contributed by atoms with Crippen molar-refractivity contribution in [3.8, 4) is 11.5 Å². The van der Waals surface area contributed by atoms with Crippen molar-refractivity contribution >= 4 is 10.9 Å². The van der Waals surface area contributed by atoms with E-state index in [9.17, 15) is 4.39 Å². The van der Waals surface area contributed by atoms with Crippen LogP contribution in [-0.4, -0.2) is 10.2 Å². The minimum atomic E-state index is -0.275. The van der Waals surface area contributed by atoms with Gasteiger partial charge in [0.1, 0.15) is 17.3 Å². The first-order valence-corrected chi connectivity index (χ1v) is 5.18. The number of halogens is 1. The minimum Gasteiger partial charge on any atom is -0.457 e. The zero-order valence-electron chi connectivity index (χ0n) is 8.85. The molecule has 0 radical (unpaired) electrons. The van der Waals surface area contributed by atoms with Crippen molar-refractivity contribution in [2.24, 2.45) is 0 Å². The molecule has 0 unspecified atom stereocenters. The quantitative estimate of drug-likeness (QED) is 0.729. The van der Waals surface area contributed by atoms with Gasteiger partial charge in [0, 0.05) is 5.39 Å². The van der Waals surface area contributed by atoms with Gasteiger partial charge < -0.3 is 4.74 Å². The second-order valence-corrected chi connectivity index (χ2v) is 3.68. The van der Waals surface area contributed by atoms with Crippen LogP contribution in [0.3, 0.4) is 0 Å². The number of nitrogens with one attached hydrogen (secondary N) is 1. The number of hydrogen-bond acceptors (Lipinski definition) is 2. The summed E-state index contributed by atoms with van der Waals surface area (Å²) < 4.78 is 18.3. The molecule has 0 saturated heterocycles. The number of H-pyrrole nitrogens is 1. The van der Waals surface area contributed by atoms with E-state index in [1.54, 1.807) is 18.3 Å². The standard InChI is InChI=1S/C13H9FN2O/c14-10-1-3-11(4-2-10)17-12-5-6-13-9(7-12)8-15-16-13/h1-8H,(H,15,16). The lowest BCUT2D eigenvalue weighted by atomic mass is 10.2. The van der Waals surface area contributed by atoms with Gasteiger partial charge in [-0.3, -0.25) is 5.10 Å². The number of aromatic nitrogens is 2. The highest BCUT2D eigenvalue weighted by atomic mass is 19.1. The van der Waals surface area contributed by atoms with Gasteiger partial charge in [-0.2, -0.15) is 5.10 Å². The monoisotopic (exact) mass is 228 g/mol. The first kappa shape index (κ1) is 9.84. The molecule has 3 aromatic rings. The van der Waals surface area contributed by atoms with Crippen LogP contribution in [0.1, 0.15) is 0 Å². The SMILES string of the molecule is Fc1ccc(Oc2ccc3[nH]ncc3c2)cc1. The Bertz CT molecular complexity index is 646. The molecule has 3 nitrogen and oxygen atoms in total. The third kappa shape index (κ3) is 1.97. The van der Waals surface area contributed by atoms with E-state index in [2.05, 4.69) is 10.2 Å². The fourth-order valence-corrected chi connectivity index (χ4v) is 1.62. The first-order chi connectivity index (χ1) is 8.31. The maximum absolute atomic E-state index is 12.7. The number of fused-ring (bicyclic) bond motifs is 1. The summed E-state index contributed by atoms with van der Waals surface area (Å²) in [5.41, 5.74) is 0.955. The first-order valence-electron chi connectivity index (χ1n) is 5.18. The molecule has 0 aliphatic heterocycles. The second-order valence-electron chi connectivity index (χ2n) is 3.68. The minimum absolute atomic E-state index is 0.275. The van der Waals surface area contributed by atoms with E-state index in [0.29, 0.717) is 11.5 Å². The van der Waals surface area contributed by atoms with Crippen LogP contribution in [0.4, 0.5) is 4.39 Å². The van der Waals surface area contributed by atoms with Crippen molar-refractivity contribution in [2.75, 3.05) is 0 Å². The Labute approximate surface area is 96.8 Å². The summed E-state index contributed by atoms with van der Waals surface area (Å²) in [5, 5.41) is 7.77. The summed E-state index contributed by atoms with van der Waals surface area (Å²) in [4.78, 5) is 0. The van der Waals surface area contributed by atoms with Crippen LogP contribution < -0.4 is 4.74 Å². The van der Waals surface area contributed by atoms with E-state index < -0.39 is 0 Å². The molecule has 17 heavy (non-hydrogen) atoms. The van der Waals surface area contributed by atoms with E-state index in [0.717, 1.165) is 10.9 Å². The Morgan fingerprint density at radius 3 is 2.59 bits per heavy atom. The predicted molar refractivity (Wildman–Crippen MR) is 62.6 cm³/mol. The van der Waals surface area contributed by atoms with Crippen LogP contribution in [0.15, 0.2) is 48.7 Å². The zero-order valence-corrected chi connectivity index (χ0v) is 8.85. The van der Waals surface area contributed by atoms with Crippen molar-refractivity contribution < 1.29 is 9.13 Å². The van der Waals surface area contributed by atoms with Crippen molar-refractivity contribution in [3.05, 3.63) is 54.5 Å². The third-order valence-corrected chi connectivity index (χ3v) is 2.46. The molecule has 0 saturated carbocycles. The average molecular weight is 228 g/mol. The number of rotatable bonds is 2. The van der Waals surface area contributed by atoms with E-state index in [-0.39, 0.29) is 5.82 Å². The molecule has 84 valence electrons. The van der Waals surface area contributed by atoms with Crippen LogP contribution in [0.25, 0.3) is 10.9 Å². The van der Waals surface area contributed by atoms with Gasteiger partial charge in [0.15, 0.2) is 0 Å². The molecule has 2 aromatic carbocycles. The van der Waals surface area contributed by atoms with Gasteiger partial charge in [0.25, 0.3) is 0 Å². The molecule has 0 aliphatic carbocycles. The lowest BCUT2D eigenvalue weighted by Gasteiger charge is -2.05. The van der Waals surface area contributed by atoms with Crippen molar-refractivity contribution in [3.63, 3.8) is 0 Å². The van der Waals surface area contributed by atoms with E-state index in [1.807, 2.05) is 18.2 Å². The molecule has 1 heterocycles. The van der Waals surface area contributed by atoms with E-state index in [4.69, 9.17) is 4.74 Å². The maximum Gasteiger partial charge on any atom is 0.128 e. The number of ether oxygens (including phenoxy) is 1. The molecular weight excluding hydrogens is 219 g/mol. The Balaban J connectivity index is 1.91. The van der Waals surface area contributed by atoms with Crippen LogP contribution in [0, 0.1) is 5.82 Å². The summed E-state index contributed by atoms with van der Waals surface area (Å²) in [6.45, 7) is 0. The molecule has 0 spiro atoms. The Kier molecular flexibility index (Phi) is 2.26. The molecule has 4 heteroatoms. The van der Waals surface area contributed by atoms with Crippen LogP contribution in [-0.2, 0) is 0 Å². The topological polar surface area (TPSA) is 37.9 Å². The highest BCUT2D eigenvalue weighted by Crippen LogP contribution is 2.24. The van der Waals surface area contributed by atoms with Crippen LogP contribution in [0.2, 0.25) is 0 Å². The van der Waals surface area contributed by atoms with E-state index in [1.165, 1.54) is 12.1 Å². The third-order valence-electron chi connectivity index (χ3n) is 2.46. The molecule has 0 aliphatic rings. The Morgan fingerprint density at radius 2 is 1.76 bits per heavy atom. The average Bonchev–Trinajstić information content (AvgIpc) is 2.79. The highest BCUT2D eigenvalue weighted by Gasteiger charge is 2.00. The molecule has 1 aromatic heterocycles. The normalized spacial score (nSPS) is 10.6. The molecule has 0 bridgehead atoms. The van der Waals surface area contributed by atoms with Crippen molar-refractivity contribution in [1.82, 2.24) is 10.2 Å². The number of benzene rings is 2. The van der Waals surface area contributed by atoms with Gasteiger partial charge in [0.05, 0.1) is 11.7 Å². The molecule has 0 fully saturated rings. The smallest absolute Gasteiger partial charge is 0.128 e. The number of nitrogens with zero attached hydrogens (tertiary/aromatic N) is 1. The van der Waals surface area contributed by atoms with E-state index >= 15 is 0 Å². The Morgan fingerprint density at radius 1 is 1.00 bits per heavy atom. The second kappa shape index (κ2) is 3.90. The lowest BCUT2D eigenvalue weighted by Crippen LogP contribution is -1.84. The van der Waals surface area contributed by atoms with Gasteiger partial charge in [0.2, 0.25) is 0 Å². The van der Waals surface area contributed by atoms with Gasteiger partial charge in [-0.1, -0.05) is 0 Å². The summed E-state index contributed by atoms with van der Waals surface area (Å²) in [7, 11) is 0.